The Labute approximate surface area is 234 Å². The third-order valence-corrected chi connectivity index (χ3v) is 6.68. The maximum atomic E-state index is 13.5. The van der Waals surface area contributed by atoms with Crippen molar-refractivity contribution in [2.45, 2.75) is 44.3 Å². The van der Waals surface area contributed by atoms with Gasteiger partial charge in [0.2, 0.25) is 0 Å². The van der Waals surface area contributed by atoms with Crippen LogP contribution in [-0.2, 0) is 32.6 Å². The number of hydrogen-bond acceptors (Lipinski definition) is 4. The van der Waals surface area contributed by atoms with Crippen LogP contribution in [0.15, 0.2) is 103 Å². The average molecular weight is 553 g/mol. The van der Waals surface area contributed by atoms with Crippen LogP contribution in [0.5, 0.6) is 0 Å². The van der Waals surface area contributed by atoms with Gasteiger partial charge in [-0.25, -0.2) is 4.79 Å². The number of aliphatic carboxylic acids is 1. The molecule has 0 radical (unpaired) electrons. The van der Waals surface area contributed by atoms with Crippen LogP contribution in [0, 0.1) is 0 Å². The molecule has 38 heavy (non-hydrogen) atoms. The van der Waals surface area contributed by atoms with Crippen LogP contribution in [0.3, 0.4) is 0 Å². The van der Waals surface area contributed by atoms with Gasteiger partial charge < -0.3 is 15.2 Å². The molecule has 6 nitrogen and oxygen atoms in total. The Hall–Kier alpha value is -3.54. The largest absolute Gasteiger partial charge is 0.625 e. The molecule has 0 unspecified atom stereocenters. The minimum absolute atomic E-state index is 0. The molecule has 0 spiro atoms. The summed E-state index contributed by atoms with van der Waals surface area (Å²) in [5.41, 5.74) is 2.07. The number of amides is 1. The number of carbonyl (C=O) groups is 2. The number of benzene rings is 3. The summed E-state index contributed by atoms with van der Waals surface area (Å²) >= 11 is 0. The SMILES string of the molecule is C=CC[C@](C)(N=C(c1ccccc1)c1ccccc1[N-]C(=O)[C@@H]1CCCN1Cc1ccccc1)C(=O)O.[Ni]. The number of carboxylic acids is 1. The predicted molar refractivity (Wildman–Crippen MR) is 147 cm³/mol. The summed E-state index contributed by atoms with van der Waals surface area (Å²) < 4.78 is 0. The van der Waals surface area contributed by atoms with Gasteiger partial charge in [0.1, 0.15) is 0 Å². The smallest absolute Gasteiger partial charge is 0.331 e. The third-order valence-electron chi connectivity index (χ3n) is 6.68. The number of carboxylic acid groups (broad SMARTS) is 1. The molecule has 2 atom stereocenters. The van der Waals surface area contributed by atoms with E-state index in [1.807, 2.05) is 66.7 Å². The van der Waals surface area contributed by atoms with Crippen molar-refractivity contribution in [3.63, 3.8) is 0 Å². The molecule has 0 bridgehead atoms. The van der Waals surface area contributed by atoms with E-state index in [1.165, 1.54) is 0 Å². The van der Waals surface area contributed by atoms with E-state index in [1.54, 1.807) is 19.1 Å². The van der Waals surface area contributed by atoms with Crippen LogP contribution in [0.2, 0.25) is 0 Å². The summed E-state index contributed by atoms with van der Waals surface area (Å²) in [7, 11) is 0. The van der Waals surface area contributed by atoms with Gasteiger partial charge in [-0.2, -0.15) is 0 Å². The van der Waals surface area contributed by atoms with Gasteiger partial charge in [-0.05, 0) is 37.4 Å². The molecule has 0 aromatic heterocycles. The van der Waals surface area contributed by atoms with E-state index in [-0.39, 0.29) is 34.9 Å². The second kappa shape index (κ2) is 13.3. The van der Waals surface area contributed by atoms with Crippen molar-refractivity contribution in [1.29, 1.82) is 0 Å². The minimum Gasteiger partial charge on any atom is -0.625 e. The van der Waals surface area contributed by atoms with Gasteiger partial charge in [-0.1, -0.05) is 91.0 Å². The Balaban J connectivity index is 0.00000400. The fourth-order valence-electron chi connectivity index (χ4n) is 4.66. The third kappa shape index (κ3) is 6.86. The standard InChI is InChI=1S/C31H33N3O3.Ni/c1-3-20-31(2,30(36)37)33-28(24-15-8-5-9-16-24)25-17-10-11-18-26(25)32-29(35)27-19-12-21-34(27)22-23-13-6-4-7-14-23;/h3-11,13-18,27H,1,12,19-22H2,2H3,(H2,32,33,35,36,37);/p-1/t27-,31-;/m0./s1. The zero-order chi connectivity index (χ0) is 26.3. The first-order chi connectivity index (χ1) is 17.9. The summed E-state index contributed by atoms with van der Waals surface area (Å²) in [5.74, 6) is -1.24. The number of carbonyl (C=O) groups excluding carboxylic acids is 1. The van der Waals surface area contributed by atoms with E-state index < -0.39 is 11.5 Å². The van der Waals surface area contributed by atoms with Crippen molar-refractivity contribution >= 4 is 23.3 Å². The second-order valence-electron chi connectivity index (χ2n) is 9.48. The van der Waals surface area contributed by atoms with Crippen molar-refractivity contribution in [2.75, 3.05) is 6.54 Å². The first kappa shape index (κ1) is 29.0. The molecule has 3 aromatic rings. The van der Waals surface area contributed by atoms with E-state index in [2.05, 4.69) is 28.9 Å². The Kier molecular flexibility index (Phi) is 10.2. The molecular weight excluding hydrogens is 521 g/mol. The maximum Gasteiger partial charge on any atom is 0.331 e. The zero-order valence-electron chi connectivity index (χ0n) is 21.4. The number of likely N-dealkylation sites (tertiary alicyclic amines) is 1. The van der Waals surface area contributed by atoms with Crippen LogP contribution >= 0.6 is 0 Å². The molecule has 1 amide bonds. The summed E-state index contributed by atoms with van der Waals surface area (Å²) in [6.45, 7) is 6.84. The Morgan fingerprint density at radius 1 is 1.05 bits per heavy atom. The summed E-state index contributed by atoms with van der Waals surface area (Å²) in [4.78, 5) is 32.6. The van der Waals surface area contributed by atoms with Crippen molar-refractivity contribution in [2.24, 2.45) is 4.99 Å². The average Bonchev–Trinajstić information content (AvgIpc) is 3.37. The van der Waals surface area contributed by atoms with Crippen molar-refractivity contribution in [3.8, 4) is 0 Å². The maximum absolute atomic E-state index is 13.5. The first-order valence-corrected chi connectivity index (χ1v) is 12.5. The van der Waals surface area contributed by atoms with Gasteiger partial charge in [-0.15, -0.1) is 12.3 Å². The van der Waals surface area contributed by atoms with Gasteiger partial charge in [0.25, 0.3) is 0 Å². The number of hydrogen-bond donors (Lipinski definition) is 1. The van der Waals surface area contributed by atoms with Crippen LogP contribution in [-0.4, -0.2) is 45.7 Å². The van der Waals surface area contributed by atoms with Crippen LogP contribution < -0.4 is 0 Å². The van der Waals surface area contributed by atoms with Gasteiger partial charge in [0.15, 0.2) is 5.54 Å². The van der Waals surface area contributed by atoms with Crippen molar-refractivity contribution in [3.05, 3.63) is 120 Å². The van der Waals surface area contributed by atoms with E-state index in [0.29, 0.717) is 23.5 Å². The number of aliphatic imine (C=N–C) groups is 1. The summed E-state index contributed by atoms with van der Waals surface area (Å²) in [6, 6.07) is 26.5. The zero-order valence-corrected chi connectivity index (χ0v) is 22.4. The van der Waals surface area contributed by atoms with Gasteiger partial charge in [0, 0.05) is 35.0 Å². The Morgan fingerprint density at radius 3 is 2.34 bits per heavy atom. The fourth-order valence-corrected chi connectivity index (χ4v) is 4.66. The quantitative estimate of drug-likeness (QED) is 0.186. The van der Waals surface area contributed by atoms with Crippen LogP contribution in [0.4, 0.5) is 5.69 Å². The second-order valence-corrected chi connectivity index (χ2v) is 9.48. The van der Waals surface area contributed by atoms with Crippen molar-refractivity contribution < 1.29 is 31.2 Å². The molecule has 7 heteroatoms. The van der Waals surface area contributed by atoms with Crippen LogP contribution in [0.25, 0.3) is 5.32 Å². The molecule has 1 aliphatic rings. The van der Waals surface area contributed by atoms with E-state index in [0.717, 1.165) is 30.5 Å². The molecule has 1 fully saturated rings. The molecule has 0 saturated carbocycles. The molecule has 1 saturated heterocycles. The van der Waals surface area contributed by atoms with Crippen molar-refractivity contribution in [1.82, 2.24) is 4.90 Å². The summed E-state index contributed by atoms with van der Waals surface area (Å²) in [6.07, 6.45) is 3.41. The molecular formula is C31H32N3NiO3-. The number of rotatable bonds is 10. The minimum atomic E-state index is -1.41. The monoisotopic (exact) mass is 552 g/mol. The topological polar surface area (TPSA) is 84.1 Å². The predicted octanol–water partition coefficient (Wildman–Crippen LogP) is 6.14. The number of para-hydroxylation sites is 1. The van der Waals surface area contributed by atoms with E-state index >= 15 is 0 Å². The fraction of sp³-hybridized carbons (Fsp3) is 0.258. The molecule has 0 aliphatic carbocycles. The normalized spacial score (nSPS) is 17.2. The Bertz CT molecular complexity index is 1280. The molecule has 1 aliphatic heterocycles. The van der Waals surface area contributed by atoms with Crippen LogP contribution in [0.1, 0.15) is 42.9 Å². The van der Waals surface area contributed by atoms with Gasteiger partial charge >= 0.3 is 5.97 Å². The van der Waals surface area contributed by atoms with Gasteiger partial charge in [0.05, 0.1) is 17.7 Å². The molecule has 1 heterocycles. The first-order valence-electron chi connectivity index (χ1n) is 12.5. The Morgan fingerprint density at radius 2 is 1.68 bits per heavy atom. The number of nitrogens with zero attached hydrogens (tertiary/aromatic N) is 3. The molecule has 3 aromatic carbocycles. The molecule has 4 rings (SSSR count). The summed E-state index contributed by atoms with van der Waals surface area (Å²) in [5, 5.41) is 14.5. The molecule has 200 valence electrons. The molecule has 1 N–H and O–H groups in total. The van der Waals surface area contributed by atoms with E-state index in [4.69, 9.17) is 4.99 Å². The van der Waals surface area contributed by atoms with E-state index in [9.17, 15) is 14.7 Å². The van der Waals surface area contributed by atoms with Gasteiger partial charge in [-0.3, -0.25) is 9.89 Å².